The SMILES string of the molecule is CC(SCC(=O)Nc1ccccc1OC(F)F)c1ccc(F)cc1. The highest BCUT2D eigenvalue weighted by molar-refractivity contribution is 8.00. The number of carbonyl (C=O) groups is 1. The minimum Gasteiger partial charge on any atom is -0.433 e. The number of amides is 1. The second kappa shape index (κ2) is 8.63. The van der Waals surface area contributed by atoms with E-state index in [4.69, 9.17) is 0 Å². The highest BCUT2D eigenvalue weighted by atomic mass is 32.2. The summed E-state index contributed by atoms with van der Waals surface area (Å²) in [6.07, 6.45) is 0. The fourth-order valence-electron chi connectivity index (χ4n) is 1.99. The van der Waals surface area contributed by atoms with Gasteiger partial charge in [0.25, 0.3) is 0 Å². The second-order valence-electron chi connectivity index (χ2n) is 4.93. The topological polar surface area (TPSA) is 38.3 Å². The molecule has 7 heteroatoms. The number of ether oxygens (including phenoxy) is 1. The van der Waals surface area contributed by atoms with Crippen LogP contribution in [0.1, 0.15) is 17.7 Å². The van der Waals surface area contributed by atoms with E-state index in [1.54, 1.807) is 24.3 Å². The van der Waals surface area contributed by atoms with E-state index < -0.39 is 6.61 Å². The van der Waals surface area contributed by atoms with E-state index in [1.807, 2.05) is 6.92 Å². The predicted molar refractivity (Wildman–Crippen MR) is 89.0 cm³/mol. The average molecular weight is 355 g/mol. The van der Waals surface area contributed by atoms with Crippen LogP contribution in [0.5, 0.6) is 5.75 Å². The van der Waals surface area contributed by atoms with E-state index >= 15 is 0 Å². The smallest absolute Gasteiger partial charge is 0.387 e. The van der Waals surface area contributed by atoms with Gasteiger partial charge in [0.05, 0.1) is 11.4 Å². The number of hydrogen-bond acceptors (Lipinski definition) is 3. The summed E-state index contributed by atoms with van der Waals surface area (Å²) in [5.41, 5.74) is 1.09. The van der Waals surface area contributed by atoms with Crippen molar-refractivity contribution in [2.45, 2.75) is 18.8 Å². The van der Waals surface area contributed by atoms with Crippen LogP contribution < -0.4 is 10.1 Å². The normalized spacial score (nSPS) is 12.0. The number of thioether (sulfide) groups is 1. The van der Waals surface area contributed by atoms with E-state index in [2.05, 4.69) is 10.1 Å². The van der Waals surface area contributed by atoms with E-state index in [0.717, 1.165) is 5.56 Å². The summed E-state index contributed by atoms with van der Waals surface area (Å²) in [6.45, 7) is -1.06. The van der Waals surface area contributed by atoms with Crippen molar-refractivity contribution in [3.8, 4) is 5.75 Å². The number of para-hydroxylation sites is 2. The number of nitrogens with one attached hydrogen (secondary N) is 1. The first kappa shape index (κ1) is 18.2. The molecule has 24 heavy (non-hydrogen) atoms. The molecule has 0 spiro atoms. The second-order valence-corrected chi connectivity index (χ2v) is 6.26. The van der Waals surface area contributed by atoms with Crippen molar-refractivity contribution in [3.05, 3.63) is 59.9 Å². The number of halogens is 3. The molecular weight excluding hydrogens is 339 g/mol. The quantitative estimate of drug-likeness (QED) is 0.771. The number of carbonyl (C=O) groups excluding carboxylic acids is 1. The Hall–Kier alpha value is -2.15. The van der Waals surface area contributed by atoms with Crippen molar-refractivity contribution in [2.24, 2.45) is 0 Å². The fraction of sp³-hybridized carbons (Fsp3) is 0.235. The van der Waals surface area contributed by atoms with Gasteiger partial charge in [-0.1, -0.05) is 24.3 Å². The molecule has 0 radical (unpaired) electrons. The lowest BCUT2D eigenvalue weighted by atomic mass is 10.2. The van der Waals surface area contributed by atoms with Crippen LogP contribution in [-0.4, -0.2) is 18.3 Å². The van der Waals surface area contributed by atoms with E-state index in [9.17, 15) is 18.0 Å². The minimum atomic E-state index is -2.96. The summed E-state index contributed by atoms with van der Waals surface area (Å²) < 4.78 is 41.9. The largest absolute Gasteiger partial charge is 0.433 e. The Labute approximate surface area is 142 Å². The van der Waals surface area contributed by atoms with Crippen molar-refractivity contribution in [1.82, 2.24) is 0 Å². The van der Waals surface area contributed by atoms with Crippen LogP contribution in [0.15, 0.2) is 48.5 Å². The zero-order valence-corrected chi connectivity index (χ0v) is 13.7. The first-order valence-corrected chi connectivity index (χ1v) is 8.21. The fourth-order valence-corrected chi connectivity index (χ4v) is 2.81. The molecule has 0 aliphatic heterocycles. The molecule has 1 unspecified atom stereocenters. The predicted octanol–water partition coefficient (Wildman–Crippen LogP) is 4.86. The molecule has 0 aliphatic rings. The molecule has 0 saturated carbocycles. The van der Waals surface area contributed by atoms with Crippen molar-refractivity contribution in [3.63, 3.8) is 0 Å². The first-order valence-electron chi connectivity index (χ1n) is 7.16. The van der Waals surface area contributed by atoms with Gasteiger partial charge in [0.15, 0.2) is 0 Å². The van der Waals surface area contributed by atoms with Crippen molar-refractivity contribution < 1.29 is 22.7 Å². The molecule has 0 heterocycles. The minimum absolute atomic E-state index is 0.0103. The highest BCUT2D eigenvalue weighted by Gasteiger charge is 2.13. The molecule has 128 valence electrons. The van der Waals surface area contributed by atoms with E-state index in [1.165, 1.54) is 36.0 Å². The number of anilines is 1. The van der Waals surface area contributed by atoms with Crippen LogP contribution in [0.2, 0.25) is 0 Å². The van der Waals surface area contributed by atoms with Gasteiger partial charge >= 0.3 is 6.61 Å². The van der Waals surface area contributed by atoms with Gasteiger partial charge in [-0.05, 0) is 36.8 Å². The molecule has 2 aromatic carbocycles. The van der Waals surface area contributed by atoms with Crippen LogP contribution in [-0.2, 0) is 4.79 Å². The standard InChI is InChI=1S/C17H16F3NO2S/c1-11(12-6-8-13(18)9-7-12)24-10-16(22)21-14-4-2-3-5-15(14)23-17(19)20/h2-9,11,17H,10H2,1H3,(H,21,22). The molecule has 2 aromatic rings. The Morgan fingerprint density at radius 3 is 2.50 bits per heavy atom. The molecule has 0 saturated heterocycles. The van der Waals surface area contributed by atoms with Gasteiger partial charge < -0.3 is 10.1 Å². The van der Waals surface area contributed by atoms with Gasteiger partial charge in [0, 0.05) is 5.25 Å². The van der Waals surface area contributed by atoms with Crippen LogP contribution in [0, 0.1) is 5.82 Å². The van der Waals surface area contributed by atoms with Gasteiger partial charge in [-0.2, -0.15) is 8.78 Å². The third-order valence-corrected chi connectivity index (χ3v) is 4.38. The van der Waals surface area contributed by atoms with Gasteiger partial charge in [-0.15, -0.1) is 11.8 Å². The average Bonchev–Trinajstić information content (AvgIpc) is 2.54. The Morgan fingerprint density at radius 2 is 1.83 bits per heavy atom. The monoisotopic (exact) mass is 355 g/mol. The summed E-state index contributed by atoms with van der Waals surface area (Å²) in [7, 11) is 0. The molecule has 1 amide bonds. The summed E-state index contributed by atoms with van der Waals surface area (Å²) in [5, 5.41) is 2.54. The Balaban J connectivity index is 1.90. The molecule has 0 bridgehead atoms. The van der Waals surface area contributed by atoms with E-state index in [0.29, 0.717) is 0 Å². The number of benzene rings is 2. The summed E-state index contributed by atoms with van der Waals surface area (Å²) in [5.74, 6) is -0.609. The zero-order chi connectivity index (χ0) is 17.5. The third kappa shape index (κ3) is 5.49. The number of alkyl halides is 2. The molecule has 0 fully saturated rings. The molecular formula is C17H16F3NO2S. The molecule has 2 rings (SSSR count). The van der Waals surface area contributed by atoms with Gasteiger partial charge in [0.1, 0.15) is 11.6 Å². The van der Waals surface area contributed by atoms with Crippen molar-refractivity contribution in [2.75, 3.05) is 11.1 Å². The molecule has 1 atom stereocenters. The maximum Gasteiger partial charge on any atom is 0.387 e. The van der Waals surface area contributed by atoms with Crippen LogP contribution in [0.4, 0.5) is 18.9 Å². The van der Waals surface area contributed by atoms with Crippen molar-refractivity contribution >= 4 is 23.4 Å². The maximum atomic E-state index is 12.9. The lowest BCUT2D eigenvalue weighted by Gasteiger charge is -2.13. The summed E-state index contributed by atoms with van der Waals surface area (Å²) in [4.78, 5) is 12.0. The Kier molecular flexibility index (Phi) is 6.54. The molecule has 0 aromatic heterocycles. The molecule has 0 aliphatic carbocycles. The van der Waals surface area contributed by atoms with E-state index in [-0.39, 0.29) is 34.2 Å². The number of rotatable bonds is 7. The van der Waals surface area contributed by atoms with Gasteiger partial charge in [0.2, 0.25) is 5.91 Å². The third-order valence-electron chi connectivity index (χ3n) is 3.18. The number of hydrogen-bond donors (Lipinski definition) is 1. The zero-order valence-electron chi connectivity index (χ0n) is 12.8. The summed E-state index contributed by atoms with van der Waals surface area (Å²) in [6, 6.07) is 12.1. The maximum absolute atomic E-state index is 12.9. The Morgan fingerprint density at radius 1 is 1.17 bits per heavy atom. The first-order chi connectivity index (χ1) is 11.5. The molecule has 3 nitrogen and oxygen atoms in total. The van der Waals surface area contributed by atoms with Gasteiger partial charge in [-0.25, -0.2) is 4.39 Å². The lowest BCUT2D eigenvalue weighted by molar-refractivity contribution is -0.113. The Bertz CT molecular complexity index is 680. The van der Waals surface area contributed by atoms with Crippen molar-refractivity contribution in [1.29, 1.82) is 0 Å². The highest BCUT2D eigenvalue weighted by Crippen LogP contribution is 2.29. The molecule has 1 N–H and O–H groups in total. The summed E-state index contributed by atoms with van der Waals surface area (Å²) >= 11 is 1.36. The lowest BCUT2D eigenvalue weighted by Crippen LogP contribution is -2.16. The van der Waals surface area contributed by atoms with Crippen LogP contribution in [0.25, 0.3) is 0 Å². The van der Waals surface area contributed by atoms with Gasteiger partial charge in [-0.3, -0.25) is 4.79 Å². The van der Waals surface area contributed by atoms with Crippen LogP contribution >= 0.6 is 11.8 Å². The van der Waals surface area contributed by atoms with Crippen LogP contribution in [0.3, 0.4) is 0 Å².